The summed E-state index contributed by atoms with van der Waals surface area (Å²) in [5.41, 5.74) is 4.53. The molecule has 0 aromatic carbocycles. The highest BCUT2D eigenvalue weighted by Gasteiger charge is 2.17. The third kappa shape index (κ3) is 1.52. The second kappa shape index (κ2) is 3.30. The van der Waals surface area contributed by atoms with Crippen LogP contribution in [0, 0.1) is 5.82 Å². The smallest absolute Gasteiger partial charge is 0.266 e. The SMILES string of the molecule is Nc1ncc(C(F)F)c(Br)c1F. The summed E-state index contributed by atoms with van der Waals surface area (Å²) in [4.78, 5) is 3.25. The van der Waals surface area contributed by atoms with Crippen LogP contribution in [0.4, 0.5) is 19.0 Å². The van der Waals surface area contributed by atoms with Gasteiger partial charge in [0, 0.05) is 6.20 Å². The average molecular weight is 241 g/mol. The molecule has 2 N–H and O–H groups in total. The molecule has 1 heterocycles. The minimum absolute atomic E-state index is 0.329. The normalized spacial score (nSPS) is 10.8. The molecule has 0 saturated carbocycles. The molecular weight excluding hydrogens is 237 g/mol. The molecule has 2 nitrogen and oxygen atoms in total. The molecule has 1 aromatic heterocycles. The van der Waals surface area contributed by atoms with E-state index in [2.05, 4.69) is 20.9 Å². The molecule has 0 spiro atoms. The number of halogens is 4. The zero-order valence-electron chi connectivity index (χ0n) is 5.69. The summed E-state index contributed by atoms with van der Waals surface area (Å²) in [6, 6.07) is 0. The molecule has 12 heavy (non-hydrogen) atoms. The Balaban J connectivity index is 3.27. The highest BCUT2D eigenvalue weighted by molar-refractivity contribution is 9.10. The van der Waals surface area contributed by atoms with E-state index in [1.807, 2.05) is 0 Å². The van der Waals surface area contributed by atoms with Gasteiger partial charge in [-0.3, -0.25) is 0 Å². The molecule has 1 rings (SSSR count). The van der Waals surface area contributed by atoms with E-state index in [0.717, 1.165) is 6.20 Å². The number of nitrogen functional groups attached to an aromatic ring is 1. The maximum Gasteiger partial charge on any atom is 0.266 e. The van der Waals surface area contributed by atoms with E-state index in [1.54, 1.807) is 0 Å². The van der Waals surface area contributed by atoms with Crippen molar-refractivity contribution < 1.29 is 13.2 Å². The summed E-state index contributed by atoms with van der Waals surface area (Å²) in [6.07, 6.45) is -1.92. The number of pyridine rings is 1. The standard InChI is InChI=1S/C6H4BrF3N2/c7-3-2(5(9)10)1-12-6(11)4(3)8/h1,5H,(H2,11,12). The first-order valence-electron chi connectivity index (χ1n) is 2.91. The third-order valence-electron chi connectivity index (χ3n) is 1.25. The Morgan fingerprint density at radius 3 is 2.58 bits per heavy atom. The van der Waals surface area contributed by atoms with E-state index < -0.39 is 23.6 Å². The van der Waals surface area contributed by atoms with Crippen LogP contribution in [0.15, 0.2) is 10.7 Å². The van der Waals surface area contributed by atoms with Gasteiger partial charge in [0.05, 0.1) is 10.0 Å². The number of alkyl halides is 2. The molecular formula is C6H4BrF3N2. The Morgan fingerprint density at radius 1 is 1.50 bits per heavy atom. The van der Waals surface area contributed by atoms with Crippen LogP contribution in [-0.2, 0) is 0 Å². The maximum atomic E-state index is 12.8. The van der Waals surface area contributed by atoms with Gasteiger partial charge in [-0.1, -0.05) is 0 Å². The van der Waals surface area contributed by atoms with Gasteiger partial charge in [0.1, 0.15) is 0 Å². The second-order valence-electron chi connectivity index (χ2n) is 2.03. The van der Waals surface area contributed by atoms with Crippen LogP contribution >= 0.6 is 15.9 Å². The molecule has 0 unspecified atom stereocenters. The van der Waals surface area contributed by atoms with E-state index in [1.165, 1.54) is 0 Å². The Morgan fingerprint density at radius 2 is 2.08 bits per heavy atom. The van der Waals surface area contributed by atoms with Crippen LogP contribution in [0.3, 0.4) is 0 Å². The summed E-state index contributed by atoms with van der Waals surface area (Å²) < 4.78 is 36.6. The van der Waals surface area contributed by atoms with Crippen LogP contribution in [0.5, 0.6) is 0 Å². The van der Waals surface area contributed by atoms with Crippen LogP contribution in [0.25, 0.3) is 0 Å². The van der Waals surface area contributed by atoms with Crippen LogP contribution in [-0.4, -0.2) is 4.98 Å². The molecule has 66 valence electrons. The Kier molecular flexibility index (Phi) is 2.56. The zero-order valence-corrected chi connectivity index (χ0v) is 7.28. The first kappa shape index (κ1) is 9.31. The van der Waals surface area contributed by atoms with Gasteiger partial charge in [-0.25, -0.2) is 18.2 Å². The lowest BCUT2D eigenvalue weighted by Gasteiger charge is -2.04. The number of nitrogens with zero attached hydrogens (tertiary/aromatic N) is 1. The lowest BCUT2D eigenvalue weighted by Crippen LogP contribution is -1.99. The van der Waals surface area contributed by atoms with E-state index in [9.17, 15) is 13.2 Å². The van der Waals surface area contributed by atoms with Gasteiger partial charge in [0.15, 0.2) is 11.6 Å². The quantitative estimate of drug-likeness (QED) is 0.820. The van der Waals surface area contributed by atoms with Gasteiger partial charge in [0.25, 0.3) is 6.43 Å². The highest BCUT2D eigenvalue weighted by atomic mass is 79.9. The highest BCUT2D eigenvalue weighted by Crippen LogP contribution is 2.30. The lowest BCUT2D eigenvalue weighted by atomic mass is 10.3. The van der Waals surface area contributed by atoms with E-state index in [-0.39, 0.29) is 4.47 Å². The van der Waals surface area contributed by atoms with Crippen molar-refractivity contribution in [1.29, 1.82) is 0 Å². The molecule has 0 radical (unpaired) electrons. The average Bonchev–Trinajstić information content (AvgIpc) is 2.00. The molecule has 0 aliphatic heterocycles. The van der Waals surface area contributed by atoms with Crippen molar-refractivity contribution >= 4 is 21.7 Å². The van der Waals surface area contributed by atoms with Crippen molar-refractivity contribution in [1.82, 2.24) is 4.98 Å². The second-order valence-corrected chi connectivity index (χ2v) is 2.82. The van der Waals surface area contributed by atoms with Gasteiger partial charge in [-0.2, -0.15) is 0 Å². The molecule has 0 amide bonds. The molecule has 0 fully saturated rings. The van der Waals surface area contributed by atoms with Crippen molar-refractivity contribution in [2.45, 2.75) is 6.43 Å². The molecule has 0 bridgehead atoms. The number of anilines is 1. The fourth-order valence-electron chi connectivity index (χ4n) is 0.644. The minimum atomic E-state index is -2.76. The summed E-state index contributed by atoms with van der Waals surface area (Å²) in [7, 11) is 0. The largest absolute Gasteiger partial charge is 0.381 e. The van der Waals surface area contributed by atoms with Gasteiger partial charge in [0.2, 0.25) is 0 Å². The first-order chi connectivity index (χ1) is 5.54. The number of hydrogen-bond donors (Lipinski definition) is 1. The molecule has 6 heteroatoms. The van der Waals surface area contributed by atoms with Gasteiger partial charge in [-0.05, 0) is 15.9 Å². The number of hydrogen-bond acceptors (Lipinski definition) is 2. The zero-order chi connectivity index (χ0) is 9.30. The molecule has 0 atom stereocenters. The van der Waals surface area contributed by atoms with E-state index in [4.69, 9.17) is 5.73 Å². The van der Waals surface area contributed by atoms with E-state index in [0.29, 0.717) is 0 Å². The Bertz CT molecular complexity index is 303. The molecule has 0 saturated heterocycles. The monoisotopic (exact) mass is 240 g/mol. The van der Waals surface area contributed by atoms with Crippen molar-refractivity contribution in [2.75, 3.05) is 5.73 Å². The van der Waals surface area contributed by atoms with Crippen LogP contribution in [0.2, 0.25) is 0 Å². The Hall–Kier alpha value is -0.780. The summed E-state index contributed by atoms with van der Waals surface area (Å²) in [5.74, 6) is -1.35. The number of rotatable bonds is 1. The number of aromatic nitrogens is 1. The van der Waals surface area contributed by atoms with Gasteiger partial charge >= 0.3 is 0 Å². The van der Waals surface area contributed by atoms with Crippen molar-refractivity contribution in [3.63, 3.8) is 0 Å². The van der Waals surface area contributed by atoms with Gasteiger partial charge in [-0.15, -0.1) is 0 Å². The summed E-state index contributed by atoms with van der Waals surface area (Å²) >= 11 is 2.66. The van der Waals surface area contributed by atoms with Crippen LogP contribution < -0.4 is 5.73 Å². The lowest BCUT2D eigenvalue weighted by molar-refractivity contribution is 0.149. The predicted octanol–water partition coefficient (Wildman–Crippen LogP) is 2.50. The minimum Gasteiger partial charge on any atom is -0.381 e. The summed E-state index contributed by atoms with van der Waals surface area (Å²) in [6.45, 7) is 0. The van der Waals surface area contributed by atoms with Crippen molar-refractivity contribution in [3.05, 3.63) is 22.1 Å². The van der Waals surface area contributed by atoms with Crippen molar-refractivity contribution in [2.24, 2.45) is 0 Å². The third-order valence-corrected chi connectivity index (χ3v) is 2.05. The molecule has 0 aliphatic carbocycles. The maximum absolute atomic E-state index is 12.8. The molecule has 0 aliphatic rings. The fourth-order valence-corrected chi connectivity index (χ4v) is 1.12. The first-order valence-corrected chi connectivity index (χ1v) is 3.71. The Labute approximate surface area is 74.7 Å². The van der Waals surface area contributed by atoms with Crippen LogP contribution in [0.1, 0.15) is 12.0 Å². The number of nitrogens with two attached hydrogens (primary N) is 1. The van der Waals surface area contributed by atoms with Crippen molar-refractivity contribution in [3.8, 4) is 0 Å². The fraction of sp³-hybridized carbons (Fsp3) is 0.167. The summed E-state index contributed by atoms with van der Waals surface area (Å²) in [5, 5.41) is 0. The van der Waals surface area contributed by atoms with Gasteiger partial charge < -0.3 is 5.73 Å². The topological polar surface area (TPSA) is 38.9 Å². The predicted molar refractivity (Wildman–Crippen MR) is 41.3 cm³/mol. The van der Waals surface area contributed by atoms with E-state index >= 15 is 0 Å². The molecule has 1 aromatic rings.